The van der Waals surface area contributed by atoms with E-state index in [1.54, 1.807) is 19.0 Å². The minimum absolute atomic E-state index is 0.155. The van der Waals surface area contributed by atoms with E-state index >= 15 is 0 Å². The van der Waals surface area contributed by atoms with Gasteiger partial charge in [-0.25, -0.2) is 9.78 Å². The Morgan fingerprint density at radius 3 is 2.64 bits per heavy atom. The maximum atomic E-state index is 12.4. The maximum Gasteiger partial charge on any atom is 0.332 e. The number of hydrogen-bond acceptors (Lipinski definition) is 4. The molecule has 0 spiro atoms. The number of aryl methyl sites for hydroxylation is 1. The van der Waals surface area contributed by atoms with Crippen LogP contribution in [0.3, 0.4) is 0 Å². The highest BCUT2D eigenvalue weighted by atomic mass is 16.2. The van der Waals surface area contributed by atoms with Gasteiger partial charge in [0.15, 0.2) is 0 Å². The molecular weight excluding hydrogens is 284 g/mol. The monoisotopic (exact) mass is 302 g/mol. The standard InChI is InChI=1S/C15H18N4O3/c1-17(8-9-4-5-9)13(20)10-6-11-12(16-7-10)18(2)15(22)19(3)14(11)21/h6-7,9H,4-5,8H2,1-3H3. The van der Waals surface area contributed by atoms with E-state index in [1.807, 2.05) is 0 Å². The van der Waals surface area contributed by atoms with Gasteiger partial charge in [-0.15, -0.1) is 0 Å². The third-order valence-corrected chi connectivity index (χ3v) is 4.12. The molecule has 3 rings (SSSR count). The van der Waals surface area contributed by atoms with Crippen LogP contribution in [-0.4, -0.2) is 38.5 Å². The molecule has 0 aliphatic heterocycles. The Morgan fingerprint density at radius 1 is 1.32 bits per heavy atom. The predicted octanol–water partition coefficient (Wildman–Crippen LogP) is 0.114. The lowest BCUT2D eigenvalue weighted by atomic mass is 10.2. The molecule has 2 heterocycles. The molecule has 1 saturated carbocycles. The number of pyridine rings is 1. The van der Waals surface area contributed by atoms with Crippen molar-refractivity contribution in [3.63, 3.8) is 0 Å². The summed E-state index contributed by atoms with van der Waals surface area (Å²) in [6.07, 6.45) is 3.75. The smallest absolute Gasteiger partial charge is 0.332 e. The largest absolute Gasteiger partial charge is 0.341 e. The minimum Gasteiger partial charge on any atom is -0.341 e. The van der Waals surface area contributed by atoms with Crippen molar-refractivity contribution in [2.75, 3.05) is 13.6 Å². The summed E-state index contributed by atoms with van der Waals surface area (Å²) in [7, 11) is 4.72. The first-order chi connectivity index (χ1) is 10.4. The Hall–Kier alpha value is -2.44. The number of amides is 1. The van der Waals surface area contributed by atoms with Crippen molar-refractivity contribution in [2.45, 2.75) is 12.8 Å². The molecule has 0 atom stereocenters. The first-order valence-corrected chi connectivity index (χ1v) is 7.21. The average Bonchev–Trinajstić information content (AvgIpc) is 3.33. The zero-order valence-corrected chi connectivity index (χ0v) is 12.9. The Balaban J connectivity index is 2.07. The molecule has 7 heteroatoms. The van der Waals surface area contributed by atoms with E-state index in [9.17, 15) is 14.4 Å². The van der Waals surface area contributed by atoms with Gasteiger partial charge >= 0.3 is 5.69 Å². The third-order valence-electron chi connectivity index (χ3n) is 4.12. The second kappa shape index (κ2) is 5.08. The summed E-state index contributed by atoms with van der Waals surface area (Å²) >= 11 is 0. The van der Waals surface area contributed by atoms with E-state index < -0.39 is 11.2 Å². The molecule has 0 unspecified atom stereocenters. The topological polar surface area (TPSA) is 77.2 Å². The summed E-state index contributed by atoms with van der Waals surface area (Å²) in [6.45, 7) is 0.724. The van der Waals surface area contributed by atoms with Crippen LogP contribution in [0.25, 0.3) is 11.0 Å². The van der Waals surface area contributed by atoms with Gasteiger partial charge in [0.1, 0.15) is 5.65 Å². The lowest BCUT2D eigenvalue weighted by Crippen LogP contribution is -2.37. The van der Waals surface area contributed by atoms with Crippen LogP contribution in [0.2, 0.25) is 0 Å². The van der Waals surface area contributed by atoms with Gasteiger partial charge in [0.2, 0.25) is 0 Å². The average molecular weight is 302 g/mol. The van der Waals surface area contributed by atoms with Crippen molar-refractivity contribution < 1.29 is 4.79 Å². The van der Waals surface area contributed by atoms with Crippen molar-refractivity contribution in [3.8, 4) is 0 Å². The van der Waals surface area contributed by atoms with Crippen LogP contribution < -0.4 is 11.2 Å². The summed E-state index contributed by atoms with van der Waals surface area (Å²) in [6, 6.07) is 1.52. The fourth-order valence-electron chi connectivity index (χ4n) is 2.57. The number of hydrogen-bond donors (Lipinski definition) is 0. The zero-order valence-electron chi connectivity index (χ0n) is 12.9. The van der Waals surface area contributed by atoms with Crippen LogP contribution in [0.5, 0.6) is 0 Å². The number of rotatable bonds is 3. The SMILES string of the molecule is CN(CC1CC1)C(=O)c1cnc2c(c1)c(=O)n(C)c(=O)n2C. The van der Waals surface area contributed by atoms with E-state index in [4.69, 9.17) is 0 Å². The molecular formula is C15H18N4O3. The molecule has 2 aromatic rings. The van der Waals surface area contributed by atoms with Gasteiger partial charge in [-0.2, -0.15) is 0 Å². The molecule has 1 amide bonds. The lowest BCUT2D eigenvalue weighted by molar-refractivity contribution is 0.0788. The summed E-state index contributed by atoms with van der Waals surface area (Å²) < 4.78 is 2.32. The summed E-state index contributed by atoms with van der Waals surface area (Å²) in [5.41, 5.74) is -0.221. The third kappa shape index (κ3) is 2.32. The lowest BCUT2D eigenvalue weighted by Gasteiger charge is -2.17. The maximum absolute atomic E-state index is 12.4. The molecule has 0 radical (unpaired) electrons. The van der Waals surface area contributed by atoms with Crippen LogP contribution in [-0.2, 0) is 14.1 Å². The Kier molecular flexibility index (Phi) is 3.35. The summed E-state index contributed by atoms with van der Waals surface area (Å²) in [5, 5.41) is 0.273. The molecule has 0 saturated heterocycles. The van der Waals surface area contributed by atoms with E-state index in [0.29, 0.717) is 11.5 Å². The number of aromatic nitrogens is 3. The Bertz CT molecular complexity index is 877. The van der Waals surface area contributed by atoms with Gasteiger partial charge in [0.25, 0.3) is 11.5 Å². The van der Waals surface area contributed by atoms with E-state index in [-0.39, 0.29) is 16.9 Å². The van der Waals surface area contributed by atoms with Crippen LogP contribution in [0.4, 0.5) is 0 Å². The molecule has 0 bridgehead atoms. The number of nitrogens with zero attached hydrogens (tertiary/aromatic N) is 4. The van der Waals surface area contributed by atoms with Crippen molar-refractivity contribution in [1.82, 2.24) is 19.0 Å². The quantitative estimate of drug-likeness (QED) is 0.806. The predicted molar refractivity (Wildman–Crippen MR) is 81.9 cm³/mol. The van der Waals surface area contributed by atoms with Gasteiger partial charge in [0.05, 0.1) is 10.9 Å². The highest BCUT2D eigenvalue weighted by molar-refractivity contribution is 5.96. The van der Waals surface area contributed by atoms with E-state index in [2.05, 4.69) is 4.98 Å². The van der Waals surface area contributed by atoms with Crippen molar-refractivity contribution >= 4 is 16.9 Å². The van der Waals surface area contributed by atoms with Gasteiger partial charge < -0.3 is 4.90 Å². The van der Waals surface area contributed by atoms with E-state index in [1.165, 1.54) is 23.9 Å². The molecule has 2 aromatic heterocycles. The van der Waals surface area contributed by atoms with Crippen molar-refractivity contribution in [3.05, 3.63) is 38.7 Å². The van der Waals surface area contributed by atoms with Crippen LogP contribution in [0.1, 0.15) is 23.2 Å². The molecule has 7 nitrogen and oxygen atoms in total. The van der Waals surface area contributed by atoms with Crippen molar-refractivity contribution in [2.24, 2.45) is 20.0 Å². The highest BCUT2D eigenvalue weighted by Crippen LogP contribution is 2.29. The molecule has 116 valence electrons. The summed E-state index contributed by atoms with van der Waals surface area (Å²) in [5.74, 6) is 0.438. The highest BCUT2D eigenvalue weighted by Gasteiger charge is 2.25. The Morgan fingerprint density at radius 2 is 2.00 bits per heavy atom. The molecule has 1 fully saturated rings. The first kappa shape index (κ1) is 14.5. The number of carbonyl (C=O) groups is 1. The molecule has 1 aliphatic carbocycles. The molecule has 22 heavy (non-hydrogen) atoms. The van der Waals surface area contributed by atoms with Gasteiger partial charge in [-0.05, 0) is 24.8 Å². The van der Waals surface area contributed by atoms with Crippen LogP contribution >= 0.6 is 0 Å². The van der Waals surface area contributed by atoms with Gasteiger partial charge in [-0.1, -0.05) is 0 Å². The normalized spacial score (nSPS) is 14.3. The van der Waals surface area contributed by atoms with Crippen LogP contribution in [0.15, 0.2) is 21.9 Å². The second-order valence-electron chi connectivity index (χ2n) is 5.93. The van der Waals surface area contributed by atoms with Crippen molar-refractivity contribution in [1.29, 1.82) is 0 Å². The molecule has 0 aromatic carbocycles. The fourth-order valence-corrected chi connectivity index (χ4v) is 2.57. The van der Waals surface area contributed by atoms with Crippen LogP contribution in [0, 0.1) is 5.92 Å². The number of carbonyl (C=O) groups excluding carboxylic acids is 1. The van der Waals surface area contributed by atoms with Gasteiger partial charge in [-0.3, -0.25) is 18.7 Å². The zero-order chi connectivity index (χ0) is 16.0. The summed E-state index contributed by atoms with van der Waals surface area (Å²) in [4.78, 5) is 42.3. The minimum atomic E-state index is -0.440. The first-order valence-electron chi connectivity index (χ1n) is 7.21. The van der Waals surface area contributed by atoms with E-state index in [0.717, 1.165) is 24.0 Å². The molecule has 1 aliphatic rings. The molecule has 0 N–H and O–H groups in total. The van der Waals surface area contributed by atoms with Gasteiger partial charge in [0, 0.05) is 33.9 Å². The second-order valence-corrected chi connectivity index (χ2v) is 5.93. The Labute approximate surface area is 126 Å². The number of fused-ring (bicyclic) bond motifs is 1. The fraction of sp³-hybridized carbons (Fsp3) is 0.467.